The lowest BCUT2D eigenvalue weighted by molar-refractivity contribution is -0.385. The maximum absolute atomic E-state index is 10.8. The van der Waals surface area contributed by atoms with Gasteiger partial charge in [0.2, 0.25) is 0 Å². The Hall–Kier alpha value is -2.02. The number of ether oxygens (including phenoxy) is 1. The van der Waals surface area contributed by atoms with Gasteiger partial charge in [0.05, 0.1) is 4.92 Å². The first-order chi connectivity index (χ1) is 7.95. The van der Waals surface area contributed by atoms with Crippen molar-refractivity contribution in [3.05, 3.63) is 33.3 Å². The molecule has 1 aromatic rings. The van der Waals surface area contributed by atoms with Crippen molar-refractivity contribution in [3.63, 3.8) is 0 Å². The number of oxime groups is 1. The van der Waals surface area contributed by atoms with E-state index in [1.165, 1.54) is 19.1 Å². The van der Waals surface area contributed by atoms with Crippen LogP contribution in [0.25, 0.3) is 0 Å². The van der Waals surface area contributed by atoms with Gasteiger partial charge in [0.25, 0.3) is 0 Å². The second kappa shape index (κ2) is 5.35. The number of hydrogen-bond acceptors (Lipinski definition) is 5. The molecule has 8 heteroatoms. The fraction of sp³-hybridized carbons (Fsp3) is 0.222. The van der Waals surface area contributed by atoms with Gasteiger partial charge in [-0.25, -0.2) is 0 Å². The average molecular weight is 260 g/mol. The number of amidine groups is 1. The number of nitro benzene ring substituents is 1. The van der Waals surface area contributed by atoms with Crippen molar-refractivity contribution >= 4 is 23.1 Å². The van der Waals surface area contributed by atoms with Gasteiger partial charge in [-0.15, -0.1) is 0 Å². The zero-order valence-corrected chi connectivity index (χ0v) is 9.59. The van der Waals surface area contributed by atoms with Crippen LogP contribution in [-0.2, 0) is 0 Å². The Morgan fingerprint density at radius 1 is 1.71 bits per heavy atom. The van der Waals surface area contributed by atoms with Crippen LogP contribution in [0.1, 0.15) is 6.92 Å². The Labute approximate surface area is 102 Å². The third kappa shape index (κ3) is 3.22. The number of rotatable bonds is 4. The quantitative estimate of drug-likeness (QED) is 0.281. The van der Waals surface area contributed by atoms with Crippen molar-refractivity contribution in [1.82, 2.24) is 0 Å². The number of nitrogens with two attached hydrogens (primary N) is 1. The van der Waals surface area contributed by atoms with Crippen molar-refractivity contribution in [3.8, 4) is 5.75 Å². The zero-order valence-electron chi connectivity index (χ0n) is 8.83. The molecule has 0 amide bonds. The molecule has 1 unspecified atom stereocenters. The van der Waals surface area contributed by atoms with Crippen LogP contribution in [0.4, 0.5) is 5.69 Å². The number of halogens is 1. The van der Waals surface area contributed by atoms with Crippen molar-refractivity contribution in [2.45, 2.75) is 13.0 Å². The topological polar surface area (TPSA) is 111 Å². The molecule has 0 heterocycles. The Bertz CT molecular complexity index is 464. The number of nitro groups is 1. The summed E-state index contributed by atoms with van der Waals surface area (Å²) in [6.45, 7) is 1.49. The minimum absolute atomic E-state index is 0.00139. The van der Waals surface area contributed by atoms with E-state index in [-0.39, 0.29) is 22.3 Å². The largest absolute Gasteiger partial charge is 0.476 e. The van der Waals surface area contributed by atoms with E-state index in [9.17, 15) is 10.1 Å². The summed E-state index contributed by atoms with van der Waals surface area (Å²) < 4.78 is 5.20. The van der Waals surface area contributed by atoms with Crippen LogP contribution >= 0.6 is 11.6 Å². The summed E-state index contributed by atoms with van der Waals surface area (Å²) in [7, 11) is 0. The molecule has 0 aliphatic rings. The summed E-state index contributed by atoms with van der Waals surface area (Å²) in [5.74, 6) is -0.187. The Kier molecular flexibility index (Phi) is 4.11. The molecule has 0 spiro atoms. The highest BCUT2D eigenvalue weighted by atomic mass is 35.5. The van der Waals surface area contributed by atoms with Crippen LogP contribution in [0.15, 0.2) is 23.4 Å². The Morgan fingerprint density at radius 3 is 2.88 bits per heavy atom. The van der Waals surface area contributed by atoms with Gasteiger partial charge in [0.15, 0.2) is 17.7 Å². The zero-order chi connectivity index (χ0) is 13.0. The van der Waals surface area contributed by atoms with Gasteiger partial charge in [-0.2, -0.15) is 0 Å². The smallest absolute Gasteiger partial charge is 0.312 e. The van der Waals surface area contributed by atoms with Gasteiger partial charge in [0, 0.05) is 11.1 Å². The molecule has 0 bridgehead atoms. The van der Waals surface area contributed by atoms with E-state index in [1.54, 1.807) is 0 Å². The highest BCUT2D eigenvalue weighted by Crippen LogP contribution is 2.30. The van der Waals surface area contributed by atoms with E-state index in [0.717, 1.165) is 6.07 Å². The summed E-state index contributed by atoms with van der Waals surface area (Å²) >= 11 is 5.64. The van der Waals surface area contributed by atoms with Crippen LogP contribution in [0.2, 0.25) is 5.02 Å². The van der Waals surface area contributed by atoms with E-state index < -0.39 is 11.0 Å². The second-order valence-electron chi connectivity index (χ2n) is 3.15. The first kappa shape index (κ1) is 13.0. The number of hydrogen-bond donors (Lipinski definition) is 2. The van der Waals surface area contributed by atoms with Crippen LogP contribution < -0.4 is 10.5 Å². The van der Waals surface area contributed by atoms with Gasteiger partial charge >= 0.3 is 5.69 Å². The van der Waals surface area contributed by atoms with Gasteiger partial charge in [-0.3, -0.25) is 10.1 Å². The molecule has 17 heavy (non-hydrogen) atoms. The van der Waals surface area contributed by atoms with Crippen molar-refractivity contribution < 1.29 is 14.9 Å². The minimum Gasteiger partial charge on any atom is -0.476 e. The number of nitrogens with zero attached hydrogens (tertiary/aromatic N) is 2. The van der Waals surface area contributed by atoms with E-state index in [1.807, 2.05) is 0 Å². The van der Waals surface area contributed by atoms with Crippen LogP contribution in [0.5, 0.6) is 5.75 Å². The van der Waals surface area contributed by atoms with Crippen molar-refractivity contribution in [2.75, 3.05) is 0 Å². The third-order valence-electron chi connectivity index (χ3n) is 1.95. The molecule has 0 aliphatic carbocycles. The maximum Gasteiger partial charge on any atom is 0.312 e. The normalized spacial score (nSPS) is 13.2. The van der Waals surface area contributed by atoms with Crippen LogP contribution in [0.3, 0.4) is 0 Å². The molecule has 0 saturated carbocycles. The van der Waals surface area contributed by atoms with Crippen molar-refractivity contribution in [1.29, 1.82) is 0 Å². The molecule has 3 N–H and O–H groups in total. The van der Waals surface area contributed by atoms with Gasteiger partial charge < -0.3 is 15.7 Å². The molecule has 0 saturated heterocycles. The Morgan fingerprint density at radius 2 is 2.35 bits per heavy atom. The molecule has 0 radical (unpaired) electrons. The van der Waals surface area contributed by atoms with E-state index in [0.29, 0.717) is 0 Å². The molecule has 1 atom stereocenters. The summed E-state index contributed by atoms with van der Waals surface area (Å²) in [6, 6.07) is 3.96. The standard InChI is InChI=1S/C9H10ClN3O4/c1-5(9(11)12-14)17-8-3-2-6(10)4-7(8)13(15)16/h2-5,14H,1H3,(H2,11,12). The lowest BCUT2D eigenvalue weighted by Crippen LogP contribution is -2.31. The summed E-state index contributed by atoms with van der Waals surface area (Å²) in [4.78, 5) is 10.1. The Balaban J connectivity index is 3.02. The molecule has 0 aliphatic heterocycles. The predicted octanol–water partition coefficient (Wildman–Crippen LogP) is 1.76. The molecule has 0 aromatic heterocycles. The molecule has 1 aromatic carbocycles. The first-order valence-corrected chi connectivity index (χ1v) is 4.91. The summed E-state index contributed by atoms with van der Waals surface area (Å²) in [6.07, 6.45) is -0.792. The molecular formula is C9H10ClN3O4. The fourth-order valence-corrected chi connectivity index (χ4v) is 1.23. The van der Waals surface area contributed by atoms with Gasteiger partial charge in [0.1, 0.15) is 0 Å². The second-order valence-corrected chi connectivity index (χ2v) is 3.59. The SMILES string of the molecule is CC(Oc1ccc(Cl)cc1[N+](=O)[O-])C(N)=NO. The molecule has 0 fully saturated rings. The van der Waals surface area contributed by atoms with E-state index in [4.69, 9.17) is 27.3 Å². The molecule has 1 rings (SSSR count). The van der Waals surface area contributed by atoms with Crippen LogP contribution in [0, 0.1) is 10.1 Å². The number of benzene rings is 1. The average Bonchev–Trinajstić information content (AvgIpc) is 2.29. The third-order valence-corrected chi connectivity index (χ3v) is 2.19. The van der Waals surface area contributed by atoms with E-state index >= 15 is 0 Å². The van der Waals surface area contributed by atoms with Crippen LogP contribution in [-0.4, -0.2) is 22.1 Å². The predicted molar refractivity (Wildman–Crippen MR) is 61.6 cm³/mol. The fourth-order valence-electron chi connectivity index (χ4n) is 1.06. The highest BCUT2D eigenvalue weighted by molar-refractivity contribution is 6.30. The summed E-state index contributed by atoms with van der Waals surface area (Å²) in [5, 5.41) is 22.2. The molecular weight excluding hydrogens is 250 g/mol. The maximum atomic E-state index is 10.8. The molecule has 7 nitrogen and oxygen atoms in total. The molecule has 92 valence electrons. The van der Waals surface area contributed by atoms with Gasteiger partial charge in [-0.05, 0) is 19.1 Å². The van der Waals surface area contributed by atoms with Gasteiger partial charge in [-0.1, -0.05) is 16.8 Å². The minimum atomic E-state index is -0.792. The lowest BCUT2D eigenvalue weighted by Gasteiger charge is -2.12. The first-order valence-electron chi connectivity index (χ1n) is 4.53. The monoisotopic (exact) mass is 259 g/mol. The highest BCUT2D eigenvalue weighted by Gasteiger charge is 2.19. The summed E-state index contributed by atoms with van der Waals surface area (Å²) in [5.41, 5.74) is 5.02. The van der Waals surface area contributed by atoms with E-state index in [2.05, 4.69) is 5.16 Å². The lowest BCUT2D eigenvalue weighted by atomic mass is 10.3. The van der Waals surface area contributed by atoms with Crippen molar-refractivity contribution in [2.24, 2.45) is 10.9 Å².